The Morgan fingerprint density at radius 3 is 2.84 bits per heavy atom. The zero-order valence-electron chi connectivity index (χ0n) is 10.9. The second-order valence-electron chi connectivity index (χ2n) is 3.62. The molecule has 0 saturated heterocycles. The summed E-state index contributed by atoms with van der Waals surface area (Å²) in [7, 11) is 3.12. The van der Waals surface area contributed by atoms with E-state index < -0.39 is 0 Å². The lowest BCUT2D eigenvalue weighted by Gasteiger charge is -2.08. The number of amides is 1. The number of methoxy groups -OCH3 is 2. The Kier molecular flexibility index (Phi) is 7.09. The lowest BCUT2D eigenvalue weighted by molar-refractivity contribution is -0.119. The van der Waals surface area contributed by atoms with Crippen molar-refractivity contribution in [3.05, 3.63) is 17.0 Å². The molecule has 0 bridgehead atoms. The van der Waals surface area contributed by atoms with Gasteiger partial charge in [0.2, 0.25) is 5.91 Å². The van der Waals surface area contributed by atoms with Gasteiger partial charge in [-0.05, 0) is 0 Å². The molecule has 1 aromatic rings. The van der Waals surface area contributed by atoms with Crippen LogP contribution in [-0.4, -0.2) is 49.8 Å². The van der Waals surface area contributed by atoms with E-state index in [0.717, 1.165) is 0 Å². The fourth-order valence-electron chi connectivity index (χ4n) is 1.27. The molecule has 1 amide bonds. The maximum atomic E-state index is 11.5. The average Bonchev–Trinajstić information content (AvgIpc) is 2.36. The molecule has 8 heteroatoms. The van der Waals surface area contributed by atoms with Crippen LogP contribution in [0.15, 0.2) is 6.07 Å². The van der Waals surface area contributed by atoms with E-state index in [0.29, 0.717) is 29.9 Å². The fourth-order valence-corrected chi connectivity index (χ4v) is 1.48. The quantitative estimate of drug-likeness (QED) is 0.534. The van der Waals surface area contributed by atoms with Gasteiger partial charge in [-0.25, -0.2) is 9.97 Å². The molecule has 0 aliphatic rings. The Bertz CT molecular complexity index is 417. The highest BCUT2D eigenvalue weighted by molar-refractivity contribution is 6.29. The molecule has 1 rings (SSSR count). The van der Waals surface area contributed by atoms with Gasteiger partial charge in [0.05, 0.1) is 13.2 Å². The van der Waals surface area contributed by atoms with Crippen LogP contribution < -0.4 is 10.6 Å². The predicted molar refractivity (Wildman–Crippen MR) is 71.1 cm³/mol. The fraction of sp³-hybridized carbons (Fsp3) is 0.545. The number of nitrogens with one attached hydrogen (secondary N) is 2. The van der Waals surface area contributed by atoms with Gasteiger partial charge < -0.3 is 20.1 Å². The third-order valence-corrected chi connectivity index (χ3v) is 2.27. The van der Waals surface area contributed by atoms with E-state index in [9.17, 15) is 4.79 Å². The first-order valence-corrected chi connectivity index (χ1v) is 6.05. The van der Waals surface area contributed by atoms with Crippen molar-refractivity contribution in [1.82, 2.24) is 15.3 Å². The number of halogens is 1. The van der Waals surface area contributed by atoms with Crippen molar-refractivity contribution in [2.75, 3.05) is 39.2 Å². The molecule has 0 spiro atoms. The third kappa shape index (κ3) is 6.32. The van der Waals surface area contributed by atoms with E-state index in [2.05, 4.69) is 20.6 Å². The van der Waals surface area contributed by atoms with Crippen LogP contribution >= 0.6 is 11.6 Å². The van der Waals surface area contributed by atoms with Gasteiger partial charge in [-0.3, -0.25) is 4.79 Å². The minimum Gasteiger partial charge on any atom is -0.383 e. The minimum absolute atomic E-state index is 0.101. The molecule has 19 heavy (non-hydrogen) atoms. The van der Waals surface area contributed by atoms with Gasteiger partial charge in [-0.2, -0.15) is 0 Å². The zero-order valence-corrected chi connectivity index (χ0v) is 11.7. The van der Waals surface area contributed by atoms with Gasteiger partial charge >= 0.3 is 0 Å². The molecule has 0 aromatic carbocycles. The summed E-state index contributed by atoms with van der Waals surface area (Å²) in [6, 6.07) is 1.54. The van der Waals surface area contributed by atoms with Gasteiger partial charge in [0, 0.05) is 26.8 Å². The van der Waals surface area contributed by atoms with E-state index in [4.69, 9.17) is 21.1 Å². The monoisotopic (exact) mass is 288 g/mol. The van der Waals surface area contributed by atoms with Crippen LogP contribution in [0.5, 0.6) is 0 Å². The summed E-state index contributed by atoms with van der Waals surface area (Å²) in [4.78, 5) is 19.6. The summed E-state index contributed by atoms with van der Waals surface area (Å²) >= 11 is 5.84. The van der Waals surface area contributed by atoms with Gasteiger partial charge in [0.25, 0.3) is 0 Å². The molecule has 2 N–H and O–H groups in total. The van der Waals surface area contributed by atoms with Crippen LogP contribution in [0.4, 0.5) is 5.82 Å². The number of carbonyl (C=O) groups excluding carboxylic acids is 1. The number of rotatable bonds is 8. The molecule has 1 aromatic heterocycles. The van der Waals surface area contributed by atoms with Gasteiger partial charge in [-0.15, -0.1) is 0 Å². The molecule has 0 unspecified atom stereocenters. The molecule has 0 aliphatic heterocycles. The molecule has 0 aliphatic carbocycles. The number of hydrogen-bond acceptors (Lipinski definition) is 6. The van der Waals surface area contributed by atoms with E-state index >= 15 is 0 Å². The molecule has 0 fully saturated rings. The lowest BCUT2D eigenvalue weighted by Crippen LogP contribution is -2.32. The van der Waals surface area contributed by atoms with E-state index in [1.54, 1.807) is 20.3 Å². The average molecular weight is 289 g/mol. The Labute approximate surface area is 116 Å². The van der Waals surface area contributed by atoms with Gasteiger partial charge in [0.15, 0.2) is 5.82 Å². The van der Waals surface area contributed by atoms with Gasteiger partial charge in [0.1, 0.15) is 17.6 Å². The zero-order chi connectivity index (χ0) is 14.1. The highest BCUT2D eigenvalue weighted by Gasteiger charge is 2.05. The van der Waals surface area contributed by atoms with Crippen molar-refractivity contribution in [1.29, 1.82) is 0 Å². The molecule has 7 nitrogen and oxygen atoms in total. The lowest BCUT2D eigenvalue weighted by atomic mass is 10.5. The predicted octanol–water partition coefficient (Wildman–Crippen LogP) is 0.451. The molecule has 0 atom stereocenters. The summed E-state index contributed by atoms with van der Waals surface area (Å²) in [5, 5.41) is 5.84. The number of hydrogen-bond donors (Lipinski definition) is 2. The van der Waals surface area contributed by atoms with Crippen LogP contribution in [-0.2, 0) is 20.9 Å². The number of aromatic nitrogens is 2. The first kappa shape index (κ1) is 15.6. The Morgan fingerprint density at radius 2 is 2.16 bits per heavy atom. The molecule has 0 radical (unpaired) electrons. The van der Waals surface area contributed by atoms with E-state index in [1.807, 2.05) is 0 Å². The van der Waals surface area contributed by atoms with E-state index in [1.165, 1.54) is 0 Å². The topological polar surface area (TPSA) is 85.4 Å². The smallest absolute Gasteiger partial charge is 0.239 e. The Balaban J connectivity index is 2.45. The minimum atomic E-state index is -0.153. The number of ether oxygens (including phenoxy) is 2. The van der Waals surface area contributed by atoms with Crippen LogP contribution in [0.3, 0.4) is 0 Å². The standard InChI is InChI=1S/C11H17ClN4O3/c1-18-4-3-13-11(17)6-14-9-5-8(12)15-10(16-9)7-19-2/h5H,3-4,6-7H2,1-2H3,(H,13,17)(H,14,15,16). The second kappa shape index (κ2) is 8.63. The number of carbonyl (C=O) groups is 1. The summed E-state index contributed by atoms with van der Waals surface area (Å²) in [5.74, 6) is 0.784. The third-order valence-electron chi connectivity index (χ3n) is 2.07. The van der Waals surface area contributed by atoms with Crippen molar-refractivity contribution >= 4 is 23.3 Å². The molecule has 1 heterocycles. The maximum Gasteiger partial charge on any atom is 0.239 e. The summed E-state index contributed by atoms with van der Waals surface area (Å²) < 4.78 is 9.75. The normalized spacial score (nSPS) is 10.3. The summed E-state index contributed by atoms with van der Waals surface area (Å²) in [6.07, 6.45) is 0. The van der Waals surface area contributed by atoms with Crippen molar-refractivity contribution in [2.45, 2.75) is 6.61 Å². The molecule has 106 valence electrons. The molecular formula is C11H17ClN4O3. The SMILES string of the molecule is COCCNC(=O)CNc1cc(Cl)nc(COC)n1. The Morgan fingerprint density at radius 1 is 1.37 bits per heavy atom. The first-order valence-electron chi connectivity index (χ1n) is 5.67. The highest BCUT2D eigenvalue weighted by Crippen LogP contribution is 2.11. The van der Waals surface area contributed by atoms with Crippen LogP contribution in [0.2, 0.25) is 5.15 Å². The number of nitrogens with zero attached hydrogens (tertiary/aromatic N) is 2. The van der Waals surface area contributed by atoms with Crippen LogP contribution in [0.1, 0.15) is 5.82 Å². The van der Waals surface area contributed by atoms with Gasteiger partial charge in [-0.1, -0.05) is 11.6 Å². The maximum absolute atomic E-state index is 11.5. The first-order chi connectivity index (χ1) is 9.15. The highest BCUT2D eigenvalue weighted by atomic mass is 35.5. The van der Waals surface area contributed by atoms with Crippen LogP contribution in [0, 0.1) is 0 Å². The van der Waals surface area contributed by atoms with E-state index in [-0.39, 0.29) is 19.1 Å². The largest absolute Gasteiger partial charge is 0.383 e. The van der Waals surface area contributed by atoms with Crippen molar-refractivity contribution in [3.63, 3.8) is 0 Å². The molecular weight excluding hydrogens is 272 g/mol. The number of anilines is 1. The van der Waals surface area contributed by atoms with Crippen LogP contribution in [0.25, 0.3) is 0 Å². The summed E-state index contributed by atoms with van der Waals surface area (Å²) in [6.45, 7) is 1.30. The van der Waals surface area contributed by atoms with Crippen molar-refractivity contribution in [3.8, 4) is 0 Å². The molecule has 0 saturated carbocycles. The van der Waals surface area contributed by atoms with Crippen molar-refractivity contribution in [2.24, 2.45) is 0 Å². The summed E-state index contributed by atoms with van der Waals surface area (Å²) in [5.41, 5.74) is 0. The Hall–Kier alpha value is -1.44. The van der Waals surface area contributed by atoms with Crippen molar-refractivity contribution < 1.29 is 14.3 Å². The second-order valence-corrected chi connectivity index (χ2v) is 4.01.